The van der Waals surface area contributed by atoms with Crippen LogP contribution in [0.25, 0.3) is 0 Å². The van der Waals surface area contributed by atoms with E-state index in [9.17, 15) is 19.5 Å². The van der Waals surface area contributed by atoms with E-state index < -0.39 is 17.7 Å². The molecule has 1 aliphatic heterocycles. The molecular formula is C22H23BrN2O4. The number of carbonyl (C=O) groups is 3. The molecule has 0 spiro atoms. The van der Waals surface area contributed by atoms with Gasteiger partial charge in [0.05, 0.1) is 23.7 Å². The maximum absolute atomic E-state index is 12.8. The molecule has 152 valence electrons. The summed E-state index contributed by atoms with van der Waals surface area (Å²) in [4.78, 5) is 40.2. The van der Waals surface area contributed by atoms with Crippen molar-refractivity contribution in [2.75, 3.05) is 6.54 Å². The van der Waals surface area contributed by atoms with Crippen LogP contribution in [0.15, 0.2) is 53.0 Å². The Morgan fingerprint density at radius 2 is 1.55 bits per heavy atom. The summed E-state index contributed by atoms with van der Waals surface area (Å²) in [6, 6.07) is 13.7. The molecule has 0 radical (unpaired) electrons. The molecule has 0 bridgehead atoms. The van der Waals surface area contributed by atoms with Gasteiger partial charge < -0.3 is 5.11 Å². The fourth-order valence-corrected chi connectivity index (χ4v) is 4.00. The number of nitrogens with zero attached hydrogens (tertiary/aromatic N) is 2. The second-order valence-electron chi connectivity index (χ2n) is 8.07. The first-order chi connectivity index (χ1) is 13.6. The Hall–Kier alpha value is -2.67. The number of amides is 3. The Morgan fingerprint density at radius 1 is 1.03 bits per heavy atom. The van der Waals surface area contributed by atoms with Crippen LogP contribution in [0.3, 0.4) is 0 Å². The van der Waals surface area contributed by atoms with Crippen molar-refractivity contribution in [2.24, 2.45) is 0 Å². The molecule has 0 unspecified atom stereocenters. The lowest BCUT2D eigenvalue weighted by Crippen LogP contribution is -2.56. The molecule has 1 heterocycles. The molecule has 0 saturated heterocycles. The smallest absolute Gasteiger partial charge is 0.408 e. The van der Waals surface area contributed by atoms with Crippen LogP contribution in [0.1, 0.15) is 47.1 Å². The molecule has 29 heavy (non-hydrogen) atoms. The summed E-state index contributed by atoms with van der Waals surface area (Å²) >= 11 is 3.40. The van der Waals surface area contributed by atoms with Gasteiger partial charge in [0.25, 0.3) is 11.8 Å². The predicted molar refractivity (Wildman–Crippen MR) is 113 cm³/mol. The fourth-order valence-electron chi connectivity index (χ4n) is 3.74. The van der Waals surface area contributed by atoms with Crippen LogP contribution in [-0.2, 0) is 6.42 Å². The van der Waals surface area contributed by atoms with Crippen molar-refractivity contribution >= 4 is 33.8 Å². The number of hydrogen-bond acceptors (Lipinski definition) is 3. The van der Waals surface area contributed by atoms with Crippen LogP contribution in [-0.4, -0.2) is 50.9 Å². The van der Waals surface area contributed by atoms with Gasteiger partial charge in [0.2, 0.25) is 0 Å². The topological polar surface area (TPSA) is 77.9 Å². The SMILES string of the molecule is CC(C)(C)N(C(=O)O)[C@@H](Cc1ccc(Br)cc1)CN1C(=O)c2ccccc2C1=O. The highest BCUT2D eigenvalue weighted by Crippen LogP contribution is 2.27. The van der Waals surface area contributed by atoms with Crippen LogP contribution in [0.4, 0.5) is 4.79 Å². The minimum absolute atomic E-state index is 0.00796. The van der Waals surface area contributed by atoms with Gasteiger partial charge in [0, 0.05) is 10.0 Å². The summed E-state index contributed by atoms with van der Waals surface area (Å²) in [7, 11) is 0. The lowest BCUT2D eigenvalue weighted by Gasteiger charge is -2.41. The van der Waals surface area contributed by atoms with E-state index in [-0.39, 0.29) is 18.4 Å². The van der Waals surface area contributed by atoms with Gasteiger partial charge in [-0.1, -0.05) is 40.2 Å². The summed E-state index contributed by atoms with van der Waals surface area (Å²) in [5.74, 6) is -0.767. The Bertz CT molecular complexity index is 915. The average Bonchev–Trinajstić information content (AvgIpc) is 2.87. The van der Waals surface area contributed by atoms with Crippen molar-refractivity contribution in [3.63, 3.8) is 0 Å². The summed E-state index contributed by atoms with van der Waals surface area (Å²) in [5, 5.41) is 9.91. The number of rotatable bonds is 5. The Balaban J connectivity index is 1.95. The molecule has 1 atom stereocenters. The molecule has 0 aromatic heterocycles. The standard InChI is InChI=1S/C22H23BrN2O4/c1-22(2,3)25(21(28)29)16(12-14-8-10-15(23)11-9-14)13-24-19(26)17-6-4-5-7-18(17)20(24)27/h4-11,16H,12-13H2,1-3H3,(H,28,29)/t16-/m0/s1. The van der Waals surface area contributed by atoms with Gasteiger partial charge in [0.1, 0.15) is 0 Å². The van der Waals surface area contributed by atoms with Gasteiger partial charge in [-0.3, -0.25) is 19.4 Å². The van der Waals surface area contributed by atoms with Gasteiger partial charge >= 0.3 is 6.09 Å². The van der Waals surface area contributed by atoms with Gasteiger partial charge in [-0.05, 0) is 57.0 Å². The molecule has 0 saturated carbocycles. The van der Waals surface area contributed by atoms with E-state index in [1.165, 1.54) is 4.90 Å². The first-order valence-corrected chi connectivity index (χ1v) is 10.1. The average molecular weight is 459 g/mol. The maximum Gasteiger partial charge on any atom is 0.408 e. The van der Waals surface area contributed by atoms with Crippen molar-refractivity contribution in [2.45, 2.75) is 38.8 Å². The van der Waals surface area contributed by atoms with E-state index in [0.29, 0.717) is 17.5 Å². The highest BCUT2D eigenvalue weighted by Gasteiger charge is 2.40. The molecule has 2 aromatic rings. The highest BCUT2D eigenvalue weighted by atomic mass is 79.9. The molecule has 3 amide bonds. The number of carboxylic acid groups (broad SMARTS) is 1. The lowest BCUT2D eigenvalue weighted by atomic mass is 9.98. The lowest BCUT2D eigenvalue weighted by molar-refractivity contribution is 0.0431. The maximum atomic E-state index is 12.8. The summed E-state index contributed by atoms with van der Waals surface area (Å²) in [5.41, 5.74) is 0.935. The second-order valence-corrected chi connectivity index (χ2v) is 8.99. The van der Waals surface area contributed by atoms with Crippen molar-refractivity contribution in [3.8, 4) is 0 Å². The van der Waals surface area contributed by atoms with Crippen LogP contribution in [0, 0.1) is 0 Å². The molecule has 2 aromatic carbocycles. The molecule has 3 rings (SSSR count). The van der Waals surface area contributed by atoms with Gasteiger partial charge in [-0.2, -0.15) is 0 Å². The number of hydrogen-bond donors (Lipinski definition) is 1. The van der Waals surface area contributed by atoms with Gasteiger partial charge in [0.15, 0.2) is 0 Å². The monoisotopic (exact) mass is 458 g/mol. The van der Waals surface area contributed by atoms with Crippen molar-refractivity contribution in [1.29, 1.82) is 0 Å². The molecule has 0 fully saturated rings. The predicted octanol–water partition coefficient (Wildman–Crippen LogP) is 4.43. The second kappa shape index (κ2) is 7.99. The number of fused-ring (bicyclic) bond motifs is 1. The van der Waals surface area contributed by atoms with Crippen LogP contribution >= 0.6 is 15.9 Å². The van der Waals surface area contributed by atoms with Crippen LogP contribution in [0.2, 0.25) is 0 Å². The van der Waals surface area contributed by atoms with Crippen molar-refractivity contribution in [3.05, 3.63) is 69.7 Å². The Kier molecular flexibility index (Phi) is 5.80. The largest absolute Gasteiger partial charge is 0.465 e. The van der Waals surface area contributed by atoms with Crippen molar-refractivity contribution in [1.82, 2.24) is 9.80 Å². The minimum Gasteiger partial charge on any atom is -0.465 e. The molecule has 1 aliphatic rings. The highest BCUT2D eigenvalue weighted by molar-refractivity contribution is 9.10. The summed E-state index contributed by atoms with van der Waals surface area (Å²) in [6.07, 6.45) is -0.708. The Morgan fingerprint density at radius 3 is 2.00 bits per heavy atom. The number of halogens is 1. The van der Waals surface area contributed by atoms with E-state index in [0.717, 1.165) is 14.9 Å². The third-order valence-corrected chi connectivity index (χ3v) is 5.48. The first kappa shape index (κ1) is 21.0. The molecule has 1 N–H and O–H groups in total. The minimum atomic E-state index is -1.09. The molecule has 7 heteroatoms. The van der Waals surface area contributed by atoms with Crippen LogP contribution in [0.5, 0.6) is 0 Å². The zero-order valence-corrected chi connectivity index (χ0v) is 18.1. The quantitative estimate of drug-likeness (QED) is 0.671. The molecular weight excluding hydrogens is 436 g/mol. The molecule has 0 aliphatic carbocycles. The summed E-state index contributed by atoms with van der Waals surface area (Å²) in [6.45, 7) is 5.40. The zero-order chi connectivity index (χ0) is 21.3. The summed E-state index contributed by atoms with van der Waals surface area (Å²) < 4.78 is 0.920. The normalized spacial score (nSPS) is 14.7. The fraction of sp³-hybridized carbons (Fsp3) is 0.318. The third-order valence-electron chi connectivity index (χ3n) is 4.95. The third kappa shape index (κ3) is 4.34. The van der Waals surface area contributed by atoms with E-state index in [4.69, 9.17) is 0 Å². The van der Waals surface area contributed by atoms with E-state index in [1.54, 1.807) is 45.0 Å². The van der Waals surface area contributed by atoms with Gasteiger partial charge in [-0.15, -0.1) is 0 Å². The van der Waals surface area contributed by atoms with Crippen LogP contribution < -0.4 is 0 Å². The molecule has 6 nitrogen and oxygen atoms in total. The van der Waals surface area contributed by atoms with E-state index in [2.05, 4.69) is 15.9 Å². The zero-order valence-electron chi connectivity index (χ0n) is 16.6. The number of benzene rings is 2. The first-order valence-electron chi connectivity index (χ1n) is 9.31. The number of imide groups is 1. The van der Waals surface area contributed by atoms with E-state index in [1.807, 2.05) is 24.3 Å². The Labute approximate surface area is 178 Å². The van der Waals surface area contributed by atoms with Gasteiger partial charge in [-0.25, -0.2) is 4.79 Å². The van der Waals surface area contributed by atoms with E-state index >= 15 is 0 Å². The number of carbonyl (C=O) groups excluding carboxylic acids is 2. The van der Waals surface area contributed by atoms with Crippen molar-refractivity contribution < 1.29 is 19.5 Å².